The molecule has 0 aliphatic heterocycles. The molecule has 0 aliphatic rings. The van der Waals surface area contributed by atoms with E-state index in [9.17, 15) is 0 Å². The number of nitrogens with one attached hydrogen (secondary N) is 1. The highest BCUT2D eigenvalue weighted by molar-refractivity contribution is 7.15. The van der Waals surface area contributed by atoms with E-state index in [0.29, 0.717) is 0 Å². The number of likely N-dealkylation sites (N-methyl/N-ethyl adjacent to an activating group) is 1. The zero-order chi connectivity index (χ0) is 14.5. The molecular weight excluding hydrogens is 258 g/mol. The van der Waals surface area contributed by atoms with Crippen LogP contribution in [0.15, 0.2) is 0 Å². The lowest BCUT2D eigenvalue weighted by Crippen LogP contribution is -2.34. The minimum absolute atomic E-state index is 0.136. The van der Waals surface area contributed by atoms with Crippen molar-refractivity contribution in [3.05, 3.63) is 10.6 Å². The van der Waals surface area contributed by atoms with Gasteiger partial charge in [0.1, 0.15) is 0 Å². The van der Waals surface area contributed by atoms with Crippen molar-refractivity contribution in [2.75, 3.05) is 31.7 Å². The number of methoxy groups -OCH3 is 1. The fraction of sp³-hybridized carbons (Fsp3) is 0.786. The average Bonchev–Trinajstić information content (AvgIpc) is 2.68. The number of aromatic nitrogens is 1. The maximum atomic E-state index is 5.15. The third-order valence-electron chi connectivity index (χ3n) is 2.88. The molecule has 0 aliphatic carbocycles. The smallest absolute Gasteiger partial charge is 0.185 e. The molecule has 0 radical (unpaired) electrons. The Morgan fingerprint density at radius 2 is 2.05 bits per heavy atom. The second kappa shape index (κ2) is 7.22. The molecule has 1 aromatic rings. The van der Waals surface area contributed by atoms with Crippen LogP contribution in [0.1, 0.15) is 38.3 Å². The van der Waals surface area contributed by atoms with Crippen LogP contribution in [-0.4, -0.2) is 37.3 Å². The highest BCUT2D eigenvalue weighted by atomic mass is 32.1. The molecule has 4 nitrogen and oxygen atoms in total. The van der Waals surface area contributed by atoms with Gasteiger partial charge in [-0.25, -0.2) is 4.98 Å². The van der Waals surface area contributed by atoms with Crippen molar-refractivity contribution in [3.8, 4) is 0 Å². The molecule has 0 aromatic carbocycles. The molecule has 0 amide bonds. The molecule has 0 saturated heterocycles. The summed E-state index contributed by atoms with van der Waals surface area (Å²) in [6.45, 7) is 14.3. The lowest BCUT2D eigenvalue weighted by molar-refractivity contribution is 0.205. The van der Waals surface area contributed by atoms with Crippen LogP contribution in [0.5, 0.6) is 0 Å². The molecule has 110 valence electrons. The summed E-state index contributed by atoms with van der Waals surface area (Å²) in [5.41, 5.74) is 1.27. The van der Waals surface area contributed by atoms with E-state index in [0.717, 1.165) is 37.1 Å². The van der Waals surface area contributed by atoms with Crippen LogP contribution >= 0.6 is 11.3 Å². The monoisotopic (exact) mass is 285 g/mol. The van der Waals surface area contributed by atoms with E-state index < -0.39 is 0 Å². The molecule has 1 aromatic heterocycles. The van der Waals surface area contributed by atoms with Gasteiger partial charge in [0.15, 0.2) is 5.13 Å². The van der Waals surface area contributed by atoms with Crippen LogP contribution in [-0.2, 0) is 11.3 Å². The first-order valence-corrected chi connectivity index (χ1v) is 7.64. The van der Waals surface area contributed by atoms with Gasteiger partial charge in [-0.2, -0.15) is 0 Å². The number of hydrogen-bond acceptors (Lipinski definition) is 5. The van der Waals surface area contributed by atoms with Gasteiger partial charge >= 0.3 is 0 Å². The lowest BCUT2D eigenvalue weighted by Gasteiger charge is -2.20. The van der Waals surface area contributed by atoms with Gasteiger partial charge in [-0.3, -0.25) is 0 Å². The second-order valence-corrected chi connectivity index (χ2v) is 6.74. The maximum absolute atomic E-state index is 5.15. The number of nitrogens with zero attached hydrogens (tertiary/aromatic N) is 2. The van der Waals surface area contributed by atoms with Gasteiger partial charge in [0.05, 0.1) is 12.3 Å². The van der Waals surface area contributed by atoms with Gasteiger partial charge < -0.3 is 15.0 Å². The molecular formula is C14H27N3OS. The molecule has 0 saturated carbocycles. The Bertz CT molecular complexity index is 385. The van der Waals surface area contributed by atoms with Crippen LogP contribution in [0.4, 0.5) is 5.13 Å². The third-order valence-corrected chi connectivity index (χ3v) is 4.10. The summed E-state index contributed by atoms with van der Waals surface area (Å²) >= 11 is 1.78. The predicted molar refractivity (Wildman–Crippen MR) is 83.2 cm³/mol. The van der Waals surface area contributed by atoms with Crippen molar-refractivity contribution in [2.24, 2.45) is 0 Å². The van der Waals surface area contributed by atoms with Crippen molar-refractivity contribution >= 4 is 16.5 Å². The second-order valence-electron chi connectivity index (χ2n) is 5.68. The van der Waals surface area contributed by atoms with Crippen molar-refractivity contribution in [3.63, 3.8) is 0 Å². The summed E-state index contributed by atoms with van der Waals surface area (Å²) in [6.07, 6.45) is 0. The minimum atomic E-state index is 0.136. The van der Waals surface area contributed by atoms with E-state index in [-0.39, 0.29) is 5.54 Å². The van der Waals surface area contributed by atoms with E-state index >= 15 is 0 Å². The molecule has 19 heavy (non-hydrogen) atoms. The average molecular weight is 285 g/mol. The lowest BCUT2D eigenvalue weighted by atomic mass is 10.1. The van der Waals surface area contributed by atoms with E-state index in [1.54, 1.807) is 18.4 Å². The molecule has 1 N–H and O–H groups in total. The minimum Gasteiger partial charge on any atom is -0.383 e. The molecule has 1 heterocycles. The van der Waals surface area contributed by atoms with Crippen LogP contribution < -0.4 is 10.2 Å². The number of ether oxygens (including phenoxy) is 1. The Kier molecular flexibility index (Phi) is 6.23. The van der Waals surface area contributed by atoms with Crippen LogP contribution in [0, 0.1) is 6.92 Å². The predicted octanol–water partition coefficient (Wildman–Crippen LogP) is 2.81. The Morgan fingerprint density at radius 3 is 2.58 bits per heavy atom. The SMILES string of the molecule is CCN(CCOC)c1nc(C)c(CNC(C)(C)C)s1. The highest BCUT2D eigenvalue weighted by Crippen LogP contribution is 2.26. The first-order chi connectivity index (χ1) is 8.87. The molecule has 1 rings (SSSR count). The standard InChI is InChI=1S/C14H27N3OS/c1-7-17(8-9-18-6)13-16-11(2)12(19-13)10-15-14(3,4)5/h15H,7-10H2,1-6H3. The zero-order valence-corrected chi connectivity index (χ0v) is 13.9. The van der Waals surface area contributed by atoms with E-state index in [2.05, 4.69) is 49.8 Å². The van der Waals surface area contributed by atoms with Crippen molar-refractivity contribution in [2.45, 2.75) is 46.7 Å². The Labute approximate surface area is 121 Å². The van der Waals surface area contributed by atoms with Crippen LogP contribution in [0.25, 0.3) is 0 Å². The largest absolute Gasteiger partial charge is 0.383 e. The molecule has 0 spiro atoms. The first kappa shape index (κ1) is 16.4. The summed E-state index contributed by atoms with van der Waals surface area (Å²) in [7, 11) is 1.74. The van der Waals surface area contributed by atoms with Crippen LogP contribution in [0.3, 0.4) is 0 Å². The van der Waals surface area contributed by atoms with Gasteiger partial charge in [0, 0.05) is 37.2 Å². The summed E-state index contributed by atoms with van der Waals surface area (Å²) in [6, 6.07) is 0. The van der Waals surface area contributed by atoms with E-state index in [1.165, 1.54) is 4.88 Å². The number of rotatable bonds is 7. The topological polar surface area (TPSA) is 37.4 Å². The summed E-state index contributed by atoms with van der Waals surface area (Å²) in [5, 5.41) is 4.62. The van der Waals surface area contributed by atoms with Gasteiger partial charge in [-0.15, -0.1) is 11.3 Å². The van der Waals surface area contributed by atoms with E-state index in [4.69, 9.17) is 4.74 Å². The quantitative estimate of drug-likeness (QED) is 0.836. The third kappa shape index (κ3) is 5.47. The zero-order valence-electron chi connectivity index (χ0n) is 13.0. The molecule has 0 unspecified atom stereocenters. The fourth-order valence-corrected chi connectivity index (χ4v) is 2.74. The molecule has 0 atom stereocenters. The number of thiazole rings is 1. The Hall–Kier alpha value is -0.650. The summed E-state index contributed by atoms with van der Waals surface area (Å²) in [4.78, 5) is 8.27. The van der Waals surface area contributed by atoms with Gasteiger partial charge in [-0.1, -0.05) is 0 Å². The number of hydrogen-bond donors (Lipinski definition) is 1. The maximum Gasteiger partial charge on any atom is 0.185 e. The fourth-order valence-electron chi connectivity index (χ4n) is 1.65. The van der Waals surface area contributed by atoms with E-state index in [1.807, 2.05) is 0 Å². The summed E-state index contributed by atoms with van der Waals surface area (Å²) < 4.78 is 5.15. The molecule has 0 bridgehead atoms. The number of anilines is 1. The normalized spacial score (nSPS) is 11.9. The summed E-state index contributed by atoms with van der Waals surface area (Å²) in [5.74, 6) is 0. The number of aryl methyl sites for hydroxylation is 1. The van der Waals surface area contributed by atoms with Gasteiger partial charge in [-0.05, 0) is 34.6 Å². The Morgan fingerprint density at radius 1 is 1.37 bits per heavy atom. The molecule has 5 heteroatoms. The van der Waals surface area contributed by atoms with Crippen molar-refractivity contribution in [1.29, 1.82) is 0 Å². The van der Waals surface area contributed by atoms with Gasteiger partial charge in [0.2, 0.25) is 0 Å². The van der Waals surface area contributed by atoms with Gasteiger partial charge in [0.25, 0.3) is 0 Å². The van der Waals surface area contributed by atoms with Crippen molar-refractivity contribution < 1.29 is 4.74 Å². The van der Waals surface area contributed by atoms with Crippen molar-refractivity contribution in [1.82, 2.24) is 10.3 Å². The molecule has 0 fully saturated rings. The first-order valence-electron chi connectivity index (χ1n) is 6.82. The Balaban J connectivity index is 2.71. The highest BCUT2D eigenvalue weighted by Gasteiger charge is 2.15. The van der Waals surface area contributed by atoms with Crippen LogP contribution in [0.2, 0.25) is 0 Å².